The van der Waals surface area contributed by atoms with Gasteiger partial charge in [0.15, 0.2) is 0 Å². The number of hydrogen-bond acceptors (Lipinski definition) is 3. The summed E-state index contributed by atoms with van der Waals surface area (Å²) in [6.45, 7) is 0.906. The Morgan fingerprint density at radius 1 is 0.808 bits per heavy atom. The molecule has 0 amide bonds. The van der Waals surface area contributed by atoms with Crippen molar-refractivity contribution >= 4 is 10.8 Å². The zero-order valence-electron chi connectivity index (χ0n) is 14.3. The fourth-order valence-electron chi connectivity index (χ4n) is 3.16. The lowest BCUT2D eigenvalue weighted by atomic mass is 10.0. The summed E-state index contributed by atoms with van der Waals surface area (Å²) < 4.78 is 1.54. The van der Waals surface area contributed by atoms with E-state index < -0.39 is 0 Å². The molecule has 128 valence electrons. The van der Waals surface area contributed by atoms with Crippen LogP contribution in [0.1, 0.15) is 11.1 Å². The van der Waals surface area contributed by atoms with Crippen molar-refractivity contribution in [1.29, 1.82) is 0 Å². The van der Waals surface area contributed by atoms with Gasteiger partial charge in [0.05, 0.1) is 17.6 Å². The third-order valence-electron chi connectivity index (χ3n) is 4.48. The minimum absolute atomic E-state index is 0.0804. The van der Waals surface area contributed by atoms with Crippen LogP contribution in [0.25, 0.3) is 22.0 Å². The maximum Gasteiger partial charge on any atom is 0.274 e. The highest BCUT2D eigenvalue weighted by molar-refractivity contribution is 5.93. The minimum Gasteiger partial charge on any atom is -0.326 e. The molecule has 4 nitrogen and oxygen atoms in total. The molecule has 0 aliphatic heterocycles. The molecule has 0 aliphatic carbocycles. The van der Waals surface area contributed by atoms with E-state index in [4.69, 9.17) is 10.8 Å². The van der Waals surface area contributed by atoms with Crippen LogP contribution in [0.4, 0.5) is 0 Å². The molecule has 0 saturated heterocycles. The Balaban J connectivity index is 1.94. The maximum atomic E-state index is 12.9. The largest absolute Gasteiger partial charge is 0.326 e. The van der Waals surface area contributed by atoms with Gasteiger partial charge in [-0.2, -0.15) is 5.10 Å². The summed E-state index contributed by atoms with van der Waals surface area (Å²) in [6, 6.07) is 25.5. The van der Waals surface area contributed by atoms with Crippen LogP contribution < -0.4 is 11.3 Å². The molecule has 4 aromatic rings. The molecule has 0 aliphatic rings. The molecule has 0 fully saturated rings. The average Bonchev–Trinajstić information content (AvgIpc) is 2.71. The summed E-state index contributed by atoms with van der Waals surface area (Å²) >= 11 is 0. The Morgan fingerprint density at radius 3 is 2.27 bits per heavy atom. The molecule has 26 heavy (non-hydrogen) atoms. The first-order chi connectivity index (χ1) is 12.8. The zero-order valence-corrected chi connectivity index (χ0v) is 14.3. The number of benzene rings is 3. The second kappa shape index (κ2) is 6.94. The Kier molecular flexibility index (Phi) is 4.33. The quantitative estimate of drug-likeness (QED) is 0.617. The van der Waals surface area contributed by atoms with Crippen LogP contribution in [0.15, 0.2) is 83.7 Å². The van der Waals surface area contributed by atoms with Gasteiger partial charge < -0.3 is 5.73 Å². The predicted octanol–water partition coefficient (Wildman–Crippen LogP) is 3.57. The van der Waals surface area contributed by atoms with E-state index in [1.807, 2.05) is 78.9 Å². The summed E-state index contributed by atoms with van der Waals surface area (Å²) in [7, 11) is 0. The molecular weight excluding hydrogens is 322 g/mol. The van der Waals surface area contributed by atoms with Gasteiger partial charge in [-0.15, -0.1) is 0 Å². The highest BCUT2D eigenvalue weighted by atomic mass is 16.1. The third-order valence-corrected chi connectivity index (χ3v) is 4.48. The van der Waals surface area contributed by atoms with E-state index in [1.54, 1.807) is 4.68 Å². The van der Waals surface area contributed by atoms with E-state index in [2.05, 4.69) is 0 Å². The summed E-state index contributed by atoms with van der Waals surface area (Å²) in [6.07, 6.45) is 0. The van der Waals surface area contributed by atoms with Crippen LogP contribution >= 0.6 is 0 Å². The van der Waals surface area contributed by atoms with E-state index >= 15 is 0 Å². The van der Waals surface area contributed by atoms with E-state index in [9.17, 15) is 4.79 Å². The molecule has 0 radical (unpaired) electrons. The first-order valence-corrected chi connectivity index (χ1v) is 8.59. The first kappa shape index (κ1) is 16.2. The molecule has 0 unspecified atom stereocenters. The van der Waals surface area contributed by atoms with Gasteiger partial charge in [-0.05, 0) is 23.3 Å². The van der Waals surface area contributed by atoms with Crippen LogP contribution in [-0.4, -0.2) is 9.78 Å². The monoisotopic (exact) mass is 341 g/mol. The van der Waals surface area contributed by atoms with Gasteiger partial charge >= 0.3 is 0 Å². The third kappa shape index (κ3) is 3.03. The van der Waals surface area contributed by atoms with Crippen LogP contribution in [0.5, 0.6) is 0 Å². The normalized spacial score (nSPS) is 11.0. The second-order valence-corrected chi connectivity index (χ2v) is 6.25. The number of fused-ring (bicyclic) bond motifs is 1. The van der Waals surface area contributed by atoms with Crippen molar-refractivity contribution in [3.05, 3.63) is 100 Å². The van der Waals surface area contributed by atoms with Crippen LogP contribution in [0, 0.1) is 0 Å². The van der Waals surface area contributed by atoms with Gasteiger partial charge in [0.25, 0.3) is 5.56 Å². The minimum atomic E-state index is -0.0804. The van der Waals surface area contributed by atoms with Crippen LogP contribution in [0.3, 0.4) is 0 Å². The van der Waals surface area contributed by atoms with Crippen LogP contribution in [0.2, 0.25) is 0 Å². The van der Waals surface area contributed by atoms with Gasteiger partial charge in [0.2, 0.25) is 0 Å². The SMILES string of the molecule is NCc1cccc(-c2nn(Cc3ccccc3)c(=O)c3ccccc23)c1. The van der Waals surface area contributed by atoms with Crippen molar-refractivity contribution in [2.75, 3.05) is 0 Å². The molecule has 2 N–H and O–H groups in total. The molecule has 0 spiro atoms. The molecule has 1 aromatic heterocycles. The van der Waals surface area contributed by atoms with Crippen molar-refractivity contribution in [1.82, 2.24) is 9.78 Å². The number of nitrogens with two attached hydrogens (primary N) is 1. The summed E-state index contributed by atoms with van der Waals surface area (Å²) in [5.41, 5.74) is 9.55. The first-order valence-electron chi connectivity index (χ1n) is 8.59. The number of rotatable bonds is 4. The van der Waals surface area contributed by atoms with Gasteiger partial charge in [-0.25, -0.2) is 4.68 Å². The van der Waals surface area contributed by atoms with Crippen molar-refractivity contribution in [2.24, 2.45) is 5.73 Å². The Hall–Kier alpha value is -3.24. The molecule has 0 atom stereocenters. The summed E-state index contributed by atoms with van der Waals surface area (Å²) in [5, 5.41) is 6.23. The van der Waals surface area contributed by atoms with Gasteiger partial charge in [-0.1, -0.05) is 66.7 Å². The Bertz CT molecular complexity index is 1120. The maximum absolute atomic E-state index is 12.9. The molecule has 3 aromatic carbocycles. The second-order valence-electron chi connectivity index (χ2n) is 6.25. The lowest BCUT2D eigenvalue weighted by Gasteiger charge is -2.12. The molecule has 1 heterocycles. The van der Waals surface area contributed by atoms with E-state index in [-0.39, 0.29) is 5.56 Å². The molecule has 4 heteroatoms. The van der Waals surface area contributed by atoms with Gasteiger partial charge in [0.1, 0.15) is 0 Å². The molecule has 0 saturated carbocycles. The standard InChI is InChI=1S/C22H19N3O/c23-14-17-9-6-10-18(13-17)21-19-11-4-5-12-20(19)22(26)25(24-21)15-16-7-2-1-3-8-16/h1-13H,14-15,23H2. The van der Waals surface area contributed by atoms with E-state index in [0.29, 0.717) is 18.5 Å². The lowest BCUT2D eigenvalue weighted by Crippen LogP contribution is -2.24. The average molecular weight is 341 g/mol. The van der Waals surface area contributed by atoms with Crippen molar-refractivity contribution in [3.63, 3.8) is 0 Å². The summed E-state index contributed by atoms with van der Waals surface area (Å²) in [4.78, 5) is 12.9. The zero-order chi connectivity index (χ0) is 17.9. The van der Waals surface area contributed by atoms with Crippen molar-refractivity contribution in [3.8, 4) is 11.3 Å². The van der Waals surface area contributed by atoms with Crippen LogP contribution in [-0.2, 0) is 13.1 Å². The number of nitrogens with zero attached hydrogens (tertiary/aromatic N) is 2. The summed E-state index contributed by atoms with van der Waals surface area (Å²) in [5.74, 6) is 0. The fourth-order valence-corrected chi connectivity index (χ4v) is 3.16. The Labute approximate surface area is 151 Å². The smallest absolute Gasteiger partial charge is 0.274 e. The van der Waals surface area contributed by atoms with Crippen molar-refractivity contribution in [2.45, 2.75) is 13.1 Å². The predicted molar refractivity (Wildman–Crippen MR) is 105 cm³/mol. The van der Waals surface area contributed by atoms with Crippen molar-refractivity contribution < 1.29 is 0 Å². The lowest BCUT2D eigenvalue weighted by molar-refractivity contribution is 0.651. The highest BCUT2D eigenvalue weighted by Gasteiger charge is 2.12. The molecule has 4 rings (SSSR count). The molecular formula is C22H19N3O. The Morgan fingerprint density at radius 2 is 1.50 bits per heavy atom. The highest BCUT2D eigenvalue weighted by Crippen LogP contribution is 2.25. The van der Waals surface area contributed by atoms with E-state index in [1.165, 1.54) is 0 Å². The number of aromatic nitrogens is 2. The van der Waals surface area contributed by atoms with Gasteiger partial charge in [-0.3, -0.25) is 4.79 Å². The fraction of sp³-hybridized carbons (Fsp3) is 0.0909. The topological polar surface area (TPSA) is 60.9 Å². The van der Waals surface area contributed by atoms with E-state index in [0.717, 1.165) is 27.8 Å². The number of hydrogen-bond donors (Lipinski definition) is 1. The molecule has 0 bridgehead atoms. The van der Waals surface area contributed by atoms with Gasteiger partial charge in [0, 0.05) is 17.5 Å².